The van der Waals surface area contributed by atoms with Gasteiger partial charge in [0.05, 0.1) is 19.3 Å². The molecular weight excluding hydrogens is 387 g/mol. The Morgan fingerprint density at radius 3 is 2.22 bits per heavy atom. The monoisotopic (exact) mass is 411 g/mol. The second kappa shape index (κ2) is 8.61. The van der Waals surface area contributed by atoms with Crippen molar-refractivity contribution >= 4 is 15.8 Å². The van der Waals surface area contributed by atoms with Gasteiger partial charge in [0.1, 0.15) is 0 Å². The fourth-order valence-corrected chi connectivity index (χ4v) is 3.19. The molecule has 0 unspecified atom stereocenters. The number of pyridine rings is 1. The first-order chi connectivity index (χ1) is 12.7. The zero-order chi connectivity index (χ0) is 20.2. The number of hydrogen-bond acceptors (Lipinski definition) is 7. The number of hydrogen-bond donors (Lipinski definition) is 0. The summed E-state index contributed by atoms with van der Waals surface area (Å²) in [7, 11) is -5.73. The molecule has 0 amide bonds. The Hall–Kier alpha value is -1.59. The van der Waals surface area contributed by atoms with Crippen molar-refractivity contribution in [2.45, 2.75) is 32.3 Å². The maximum atomic E-state index is 12.5. The summed E-state index contributed by atoms with van der Waals surface area (Å²) < 4.78 is 69.0. The largest absolute Gasteiger partial charge is 0.534 e. The van der Waals surface area contributed by atoms with Gasteiger partial charge in [-0.25, -0.2) is 4.98 Å². The summed E-state index contributed by atoms with van der Waals surface area (Å²) in [4.78, 5) is 8.01. The van der Waals surface area contributed by atoms with E-state index in [1.165, 1.54) is 6.07 Å². The molecule has 1 aromatic rings. The maximum absolute atomic E-state index is 12.5. The molecule has 2 aliphatic rings. The van der Waals surface area contributed by atoms with Gasteiger partial charge in [-0.2, -0.15) is 21.6 Å². The van der Waals surface area contributed by atoms with Crippen LogP contribution >= 0.6 is 0 Å². The predicted octanol–water partition coefficient (Wildman–Crippen LogP) is 2.17. The zero-order valence-electron chi connectivity index (χ0n) is 15.5. The molecule has 2 aliphatic heterocycles. The van der Waals surface area contributed by atoms with Gasteiger partial charge in [0.25, 0.3) is 0 Å². The molecule has 0 bridgehead atoms. The average molecular weight is 411 g/mol. The molecule has 2 saturated heterocycles. The summed E-state index contributed by atoms with van der Waals surface area (Å²) in [6.45, 7) is 9.96. The minimum absolute atomic E-state index is 0.375. The quantitative estimate of drug-likeness (QED) is 0.555. The summed E-state index contributed by atoms with van der Waals surface area (Å²) >= 11 is 0. The Labute approximate surface area is 157 Å². The fraction of sp³-hybridized carbons (Fsp3) is 0.688. The lowest BCUT2D eigenvalue weighted by Crippen LogP contribution is -2.56. The number of aromatic nitrogens is 1. The molecule has 27 heavy (non-hydrogen) atoms. The third-order valence-corrected chi connectivity index (χ3v) is 5.17. The number of halogens is 3. The summed E-state index contributed by atoms with van der Waals surface area (Å²) in [5.41, 5.74) is -4.53. The van der Waals surface area contributed by atoms with Gasteiger partial charge in [-0.05, 0) is 13.0 Å². The van der Waals surface area contributed by atoms with E-state index in [1.807, 2.05) is 18.7 Å². The molecule has 0 radical (unpaired) electrons. The van der Waals surface area contributed by atoms with Gasteiger partial charge in [-0.15, -0.1) is 0 Å². The molecule has 0 aromatic carbocycles. The van der Waals surface area contributed by atoms with Crippen LogP contribution in [0.4, 0.5) is 18.9 Å². The predicted molar refractivity (Wildman–Crippen MR) is 94.3 cm³/mol. The molecule has 0 aliphatic carbocycles. The van der Waals surface area contributed by atoms with Crippen molar-refractivity contribution in [3.05, 3.63) is 17.8 Å². The molecule has 3 heterocycles. The zero-order valence-corrected chi connectivity index (χ0v) is 16.3. The Morgan fingerprint density at radius 2 is 1.74 bits per heavy atom. The number of aryl methyl sites for hydroxylation is 1. The van der Waals surface area contributed by atoms with Crippen LogP contribution in [0.1, 0.15) is 19.5 Å². The van der Waals surface area contributed by atoms with Crippen molar-refractivity contribution in [1.29, 1.82) is 0 Å². The minimum Gasteiger partial charge on any atom is -0.378 e. The van der Waals surface area contributed by atoms with Crippen molar-refractivity contribution in [3.8, 4) is 5.88 Å². The maximum Gasteiger partial charge on any atom is 0.534 e. The molecule has 0 spiro atoms. The number of ether oxygens (including phenoxy) is 1. The third-order valence-electron chi connectivity index (χ3n) is 4.21. The molecule has 2 fully saturated rings. The first kappa shape index (κ1) is 21.7. The van der Waals surface area contributed by atoms with Crippen molar-refractivity contribution in [2.24, 2.45) is 0 Å². The van der Waals surface area contributed by atoms with Gasteiger partial charge in [0.15, 0.2) is 0 Å². The molecule has 154 valence electrons. The molecule has 3 rings (SSSR count). The van der Waals surface area contributed by atoms with E-state index in [4.69, 9.17) is 4.74 Å². The lowest BCUT2D eigenvalue weighted by molar-refractivity contribution is -0.0660. The third kappa shape index (κ3) is 5.23. The Bertz CT molecular complexity index is 731. The van der Waals surface area contributed by atoms with Gasteiger partial charge in [-0.1, -0.05) is 13.8 Å². The number of piperazine rings is 1. The van der Waals surface area contributed by atoms with Crippen LogP contribution in [0, 0.1) is 6.92 Å². The highest BCUT2D eigenvalue weighted by atomic mass is 32.2. The second-order valence-electron chi connectivity index (χ2n) is 6.00. The highest BCUT2D eigenvalue weighted by molar-refractivity contribution is 7.87. The summed E-state index contributed by atoms with van der Waals surface area (Å²) in [6.07, 6.45) is 0. The Morgan fingerprint density at radius 1 is 1.15 bits per heavy atom. The summed E-state index contributed by atoms with van der Waals surface area (Å²) in [5, 5.41) is 0. The van der Waals surface area contributed by atoms with Gasteiger partial charge >= 0.3 is 15.6 Å². The summed E-state index contributed by atoms with van der Waals surface area (Å²) in [6, 6.07) is 3.34. The molecular formula is C16H24F3N3O4S. The number of alkyl halides is 3. The number of rotatable bonds is 4. The van der Waals surface area contributed by atoms with E-state index >= 15 is 0 Å². The van der Waals surface area contributed by atoms with Gasteiger partial charge in [0.2, 0.25) is 5.88 Å². The van der Waals surface area contributed by atoms with Crippen LogP contribution in [-0.2, 0) is 14.9 Å². The smallest absolute Gasteiger partial charge is 0.378 e. The molecule has 0 atom stereocenters. The topological polar surface area (TPSA) is 72.0 Å². The van der Waals surface area contributed by atoms with Crippen LogP contribution in [0.3, 0.4) is 0 Å². The number of anilines is 1. The van der Waals surface area contributed by atoms with E-state index in [1.54, 1.807) is 13.0 Å². The van der Waals surface area contributed by atoms with Crippen LogP contribution < -0.4 is 9.08 Å². The van der Waals surface area contributed by atoms with Crippen LogP contribution in [0.5, 0.6) is 5.88 Å². The SMILES string of the molecule is CC.Cc1cc(N2CCN(C3COC3)CC2)cc(OS(=O)(=O)C(F)(F)F)n1. The molecule has 1 aromatic heterocycles. The minimum atomic E-state index is -5.73. The van der Waals surface area contributed by atoms with E-state index in [0.29, 0.717) is 30.5 Å². The standard InChI is InChI=1S/C14H18F3N3O4S.C2H6/c1-10-6-11(7-13(18-10)24-25(21,22)14(15,16)17)19-2-4-20(5-3-19)12-8-23-9-12;1-2/h6-7,12H,2-5,8-9H2,1H3;1-2H3. The molecule has 0 N–H and O–H groups in total. The lowest BCUT2D eigenvalue weighted by atomic mass is 10.1. The first-order valence-corrected chi connectivity index (χ1v) is 10.1. The van der Waals surface area contributed by atoms with Crippen LogP contribution in [-0.4, -0.2) is 69.2 Å². The second-order valence-corrected chi connectivity index (χ2v) is 7.54. The van der Waals surface area contributed by atoms with E-state index in [2.05, 4.69) is 14.1 Å². The molecule has 7 nitrogen and oxygen atoms in total. The summed E-state index contributed by atoms with van der Waals surface area (Å²) in [5.74, 6) is -0.581. The van der Waals surface area contributed by atoms with Crippen LogP contribution in [0.2, 0.25) is 0 Å². The van der Waals surface area contributed by atoms with Gasteiger partial charge < -0.3 is 13.8 Å². The van der Waals surface area contributed by atoms with Gasteiger partial charge in [0, 0.05) is 43.6 Å². The van der Waals surface area contributed by atoms with Crippen LogP contribution in [0.25, 0.3) is 0 Å². The Kier molecular flexibility index (Phi) is 6.92. The van der Waals surface area contributed by atoms with Crippen molar-refractivity contribution in [3.63, 3.8) is 0 Å². The average Bonchev–Trinajstić information content (AvgIpc) is 2.54. The number of nitrogens with zero attached hydrogens (tertiary/aromatic N) is 3. The lowest BCUT2D eigenvalue weighted by Gasteiger charge is -2.43. The first-order valence-electron chi connectivity index (χ1n) is 8.72. The van der Waals surface area contributed by atoms with Gasteiger partial charge in [-0.3, -0.25) is 4.90 Å². The highest BCUT2D eigenvalue weighted by Gasteiger charge is 2.49. The fourth-order valence-electron chi connectivity index (χ4n) is 2.78. The van der Waals surface area contributed by atoms with E-state index in [-0.39, 0.29) is 0 Å². The van der Waals surface area contributed by atoms with E-state index in [0.717, 1.165) is 26.3 Å². The van der Waals surface area contributed by atoms with Crippen molar-refractivity contribution < 1.29 is 30.5 Å². The van der Waals surface area contributed by atoms with Crippen molar-refractivity contribution in [1.82, 2.24) is 9.88 Å². The normalized spacial score (nSPS) is 19.1. The van der Waals surface area contributed by atoms with Crippen LogP contribution in [0.15, 0.2) is 12.1 Å². The molecule has 0 saturated carbocycles. The Balaban J connectivity index is 0.00000126. The highest BCUT2D eigenvalue weighted by Crippen LogP contribution is 2.29. The van der Waals surface area contributed by atoms with E-state index in [9.17, 15) is 21.6 Å². The molecule has 11 heteroatoms. The van der Waals surface area contributed by atoms with Crippen molar-refractivity contribution in [2.75, 3.05) is 44.3 Å². The van der Waals surface area contributed by atoms with E-state index < -0.39 is 21.5 Å².